The normalized spacial score (nSPS) is 19.2. The van der Waals surface area contributed by atoms with Crippen LogP contribution in [-0.4, -0.2) is 51.9 Å². The molecule has 7 heteroatoms. The van der Waals surface area contributed by atoms with E-state index in [1.807, 2.05) is 11.6 Å². The van der Waals surface area contributed by atoms with Crippen molar-refractivity contribution in [3.63, 3.8) is 0 Å². The minimum atomic E-state index is 0.752. The van der Waals surface area contributed by atoms with E-state index in [9.17, 15) is 0 Å². The van der Waals surface area contributed by atoms with Crippen LogP contribution in [0.1, 0.15) is 25.7 Å². The molecule has 0 saturated carbocycles. The summed E-state index contributed by atoms with van der Waals surface area (Å²) in [5.74, 6) is 2.23. The Morgan fingerprint density at radius 3 is 2.90 bits per heavy atom. The largest absolute Gasteiger partial charge is 0.356 e. The van der Waals surface area contributed by atoms with Gasteiger partial charge in [0.1, 0.15) is 12.7 Å². The molecule has 1 fully saturated rings. The van der Waals surface area contributed by atoms with E-state index in [2.05, 4.69) is 37.6 Å². The van der Waals surface area contributed by atoms with Crippen molar-refractivity contribution in [1.29, 1.82) is 0 Å². The van der Waals surface area contributed by atoms with Crippen LogP contribution in [0.2, 0.25) is 0 Å². The van der Waals surface area contributed by atoms with Crippen LogP contribution in [0.3, 0.4) is 0 Å². The van der Waals surface area contributed by atoms with Crippen LogP contribution >= 0.6 is 11.8 Å². The molecule has 0 radical (unpaired) electrons. The zero-order valence-corrected chi connectivity index (χ0v) is 12.9. The maximum atomic E-state index is 4.26. The quantitative estimate of drug-likeness (QED) is 0.448. The van der Waals surface area contributed by atoms with Crippen LogP contribution in [-0.2, 0) is 6.54 Å². The monoisotopic (exact) mass is 296 g/mol. The van der Waals surface area contributed by atoms with Crippen LogP contribution < -0.4 is 10.6 Å². The van der Waals surface area contributed by atoms with Crippen molar-refractivity contribution in [3.8, 4) is 0 Å². The van der Waals surface area contributed by atoms with Crippen molar-refractivity contribution < 1.29 is 0 Å². The van der Waals surface area contributed by atoms with E-state index in [0.29, 0.717) is 0 Å². The van der Waals surface area contributed by atoms with E-state index in [-0.39, 0.29) is 0 Å². The molecule has 2 heterocycles. The first-order chi connectivity index (χ1) is 9.88. The van der Waals surface area contributed by atoms with Gasteiger partial charge < -0.3 is 15.2 Å². The summed E-state index contributed by atoms with van der Waals surface area (Å²) < 4.78 is 2.00. The smallest absolute Gasteiger partial charge is 0.191 e. The first-order valence-corrected chi connectivity index (χ1v) is 8.32. The summed E-state index contributed by atoms with van der Waals surface area (Å²) in [4.78, 5) is 4.26. The molecule has 1 aliphatic rings. The number of guanidine groups is 1. The van der Waals surface area contributed by atoms with E-state index in [1.165, 1.54) is 18.6 Å². The summed E-state index contributed by atoms with van der Waals surface area (Å²) in [6.45, 7) is 2.93. The number of unbranched alkanes of at least 4 members (excludes halogenated alkanes) is 1. The summed E-state index contributed by atoms with van der Waals surface area (Å²) in [6.07, 6.45) is 8.41. The number of thioether (sulfide) groups is 1. The molecule has 1 aromatic heterocycles. The van der Waals surface area contributed by atoms with Crippen LogP contribution in [0.5, 0.6) is 0 Å². The molecule has 0 aromatic carbocycles. The summed E-state index contributed by atoms with van der Waals surface area (Å²) in [6, 6.07) is 0. The summed E-state index contributed by atoms with van der Waals surface area (Å²) in [7, 11) is 1.83. The molecule has 6 nitrogen and oxygen atoms in total. The second kappa shape index (κ2) is 8.84. The van der Waals surface area contributed by atoms with Crippen LogP contribution in [0, 0.1) is 0 Å². The third-order valence-corrected chi connectivity index (χ3v) is 4.75. The zero-order chi connectivity index (χ0) is 14.0. The molecule has 2 rings (SSSR count). The molecule has 1 saturated heterocycles. The number of hydrogen-bond acceptors (Lipinski definition) is 4. The van der Waals surface area contributed by atoms with Crippen molar-refractivity contribution in [2.45, 2.75) is 37.5 Å². The molecular formula is C13H24N6S. The third-order valence-electron chi connectivity index (χ3n) is 3.35. The number of rotatable bonds is 7. The maximum absolute atomic E-state index is 4.26. The average molecular weight is 296 g/mol. The molecule has 0 bridgehead atoms. The van der Waals surface area contributed by atoms with E-state index >= 15 is 0 Å². The van der Waals surface area contributed by atoms with Crippen molar-refractivity contribution >= 4 is 17.7 Å². The molecule has 0 amide bonds. The van der Waals surface area contributed by atoms with E-state index in [0.717, 1.165) is 43.7 Å². The first-order valence-electron chi connectivity index (χ1n) is 7.27. The fourth-order valence-electron chi connectivity index (χ4n) is 2.20. The predicted molar refractivity (Wildman–Crippen MR) is 84.1 cm³/mol. The molecule has 1 atom stereocenters. The van der Waals surface area contributed by atoms with Crippen LogP contribution in [0.25, 0.3) is 0 Å². The van der Waals surface area contributed by atoms with Gasteiger partial charge in [0.2, 0.25) is 0 Å². The van der Waals surface area contributed by atoms with Crippen molar-refractivity contribution in [1.82, 2.24) is 25.4 Å². The van der Waals surface area contributed by atoms with Gasteiger partial charge in [0.25, 0.3) is 0 Å². The zero-order valence-electron chi connectivity index (χ0n) is 12.1. The van der Waals surface area contributed by atoms with Gasteiger partial charge in [-0.05, 0) is 31.4 Å². The Hall–Kier alpha value is -1.24. The van der Waals surface area contributed by atoms with Gasteiger partial charge in [-0.1, -0.05) is 0 Å². The van der Waals surface area contributed by atoms with Gasteiger partial charge in [-0.2, -0.15) is 11.8 Å². The predicted octanol–water partition coefficient (Wildman–Crippen LogP) is 1.12. The molecule has 20 heavy (non-hydrogen) atoms. The Kier molecular flexibility index (Phi) is 6.70. The van der Waals surface area contributed by atoms with E-state index in [1.54, 1.807) is 12.7 Å². The first kappa shape index (κ1) is 15.2. The lowest BCUT2D eigenvalue weighted by atomic mass is 10.2. The number of aromatic nitrogens is 3. The number of hydrogen-bond donors (Lipinski definition) is 2. The number of nitrogens with one attached hydrogen (secondary N) is 2. The summed E-state index contributed by atoms with van der Waals surface area (Å²) in [5, 5.41) is 15.1. The van der Waals surface area contributed by atoms with Crippen LogP contribution in [0.15, 0.2) is 17.6 Å². The van der Waals surface area contributed by atoms with Crippen molar-refractivity contribution in [3.05, 3.63) is 12.7 Å². The Bertz CT molecular complexity index is 386. The average Bonchev–Trinajstić information content (AvgIpc) is 3.14. The second-order valence-corrected chi connectivity index (χ2v) is 6.33. The van der Waals surface area contributed by atoms with Gasteiger partial charge in [0.05, 0.1) is 0 Å². The topological polar surface area (TPSA) is 67.1 Å². The third kappa shape index (κ3) is 5.40. The highest BCUT2D eigenvalue weighted by Crippen LogP contribution is 2.25. The minimum Gasteiger partial charge on any atom is -0.356 e. The fraction of sp³-hybridized carbons (Fsp3) is 0.769. The Labute approximate surface area is 124 Å². The highest BCUT2D eigenvalue weighted by molar-refractivity contribution is 8.00. The van der Waals surface area contributed by atoms with Gasteiger partial charge in [-0.25, -0.2) is 0 Å². The highest BCUT2D eigenvalue weighted by atomic mass is 32.2. The Morgan fingerprint density at radius 2 is 2.20 bits per heavy atom. The Morgan fingerprint density at radius 1 is 1.35 bits per heavy atom. The molecule has 1 aliphatic heterocycles. The van der Waals surface area contributed by atoms with Gasteiger partial charge in [-0.3, -0.25) is 4.99 Å². The fourth-order valence-corrected chi connectivity index (χ4v) is 3.40. The van der Waals surface area contributed by atoms with Crippen LogP contribution in [0.4, 0.5) is 0 Å². The van der Waals surface area contributed by atoms with Crippen molar-refractivity contribution in [2.75, 3.05) is 25.9 Å². The number of nitrogens with zero attached hydrogens (tertiary/aromatic N) is 4. The molecule has 0 spiro atoms. The van der Waals surface area contributed by atoms with E-state index < -0.39 is 0 Å². The molecule has 0 aliphatic carbocycles. The van der Waals surface area contributed by atoms with Gasteiger partial charge in [0.15, 0.2) is 5.96 Å². The maximum Gasteiger partial charge on any atom is 0.191 e. The van der Waals surface area contributed by atoms with Crippen molar-refractivity contribution in [2.24, 2.45) is 4.99 Å². The number of aliphatic imine (C=N–C) groups is 1. The lowest BCUT2D eigenvalue weighted by Gasteiger charge is -2.14. The second-order valence-electron chi connectivity index (χ2n) is 4.92. The van der Waals surface area contributed by atoms with E-state index in [4.69, 9.17) is 0 Å². The molecule has 1 aromatic rings. The lowest BCUT2D eigenvalue weighted by Crippen LogP contribution is -2.40. The highest BCUT2D eigenvalue weighted by Gasteiger charge is 2.15. The molecular weight excluding hydrogens is 272 g/mol. The summed E-state index contributed by atoms with van der Waals surface area (Å²) >= 11 is 2.07. The van der Waals surface area contributed by atoms with Gasteiger partial charge in [0, 0.05) is 31.9 Å². The molecule has 1 unspecified atom stereocenters. The molecule has 2 N–H and O–H groups in total. The lowest BCUT2D eigenvalue weighted by molar-refractivity contribution is 0.597. The van der Waals surface area contributed by atoms with Gasteiger partial charge in [-0.15, -0.1) is 10.2 Å². The SMILES string of the molecule is CN=C(NCCCCn1cnnc1)NCC1CCCS1. The standard InChI is InChI=1S/C13H24N6S/c1-14-13(16-9-12-5-4-8-20-12)15-6-2-3-7-19-10-17-18-11-19/h10-12H,2-9H2,1H3,(H2,14,15,16). The number of aryl methyl sites for hydroxylation is 1. The summed E-state index contributed by atoms with van der Waals surface area (Å²) in [5.41, 5.74) is 0. The minimum absolute atomic E-state index is 0.752. The Balaban J connectivity index is 1.52. The van der Waals surface area contributed by atoms with Gasteiger partial charge >= 0.3 is 0 Å². The molecule has 112 valence electrons.